The summed E-state index contributed by atoms with van der Waals surface area (Å²) >= 11 is 0. The van der Waals surface area contributed by atoms with Crippen LogP contribution in [0.5, 0.6) is 5.75 Å². The van der Waals surface area contributed by atoms with E-state index in [1.54, 1.807) is 42.5 Å². The summed E-state index contributed by atoms with van der Waals surface area (Å²) in [6.45, 7) is 3.46. The molecule has 0 unspecified atom stereocenters. The number of amides is 1. The molecule has 6 nitrogen and oxygen atoms in total. The minimum Gasteiger partial charge on any atom is -0.497 e. The zero-order valence-electron chi connectivity index (χ0n) is 17.1. The molecule has 1 N–H and O–H groups in total. The molecule has 0 aliphatic carbocycles. The number of methoxy groups -OCH3 is 1. The number of para-hydroxylation sites is 1. The molecule has 156 valence electrons. The highest BCUT2D eigenvalue weighted by Gasteiger charge is 2.27. The van der Waals surface area contributed by atoms with Crippen LogP contribution in [0.25, 0.3) is 0 Å². The number of benzene rings is 3. The average Bonchev–Trinajstić information content (AvgIpc) is 2.75. The molecule has 0 spiro atoms. The molecule has 0 bridgehead atoms. The molecule has 0 fully saturated rings. The molecule has 0 atom stereocenters. The van der Waals surface area contributed by atoms with Gasteiger partial charge in [-0.1, -0.05) is 30.3 Å². The summed E-state index contributed by atoms with van der Waals surface area (Å²) in [6, 6.07) is 20.4. The Morgan fingerprint density at radius 2 is 1.63 bits per heavy atom. The quantitative estimate of drug-likeness (QED) is 0.618. The van der Waals surface area contributed by atoms with E-state index in [4.69, 9.17) is 4.74 Å². The fourth-order valence-electron chi connectivity index (χ4n) is 2.97. The Kier molecular flexibility index (Phi) is 6.42. The van der Waals surface area contributed by atoms with Gasteiger partial charge in [0.2, 0.25) is 5.91 Å². The zero-order valence-corrected chi connectivity index (χ0v) is 17.9. The van der Waals surface area contributed by atoms with Crippen LogP contribution in [-0.2, 0) is 14.8 Å². The van der Waals surface area contributed by atoms with E-state index < -0.39 is 15.9 Å². The van der Waals surface area contributed by atoms with E-state index in [0.29, 0.717) is 17.1 Å². The highest BCUT2D eigenvalue weighted by atomic mass is 32.2. The number of anilines is 2. The van der Waals surface area contributed by atoms with Crippen molar-refractivity contribution in [1.29, 1.82) is 0 Å². The second-order valence-electron chi connectivity index (χ2n) is 6.89. The van der Waals surface area contributed by atoms with E-state index in [9.17, 15) is 13.2 Å². The van der Waals surface area contributed by atoms with Crippen molar-refractivity contribution in [1.82, 2.24) is 0 Å². The van der Waals surface area contributed by atoms with Gasteiger partial charge in [0.15, 0.2) is 0 Å². The van der Waals surface area contributed by atoms with E-state index >= 15 is 0 Å². The number of hydrogen-bond donors (Lipinski definition) is 1. The molecule has 3 aromatic rings. The van der Waals surface area contributed by atoms with Gasteiger partial charge in [-0.2, -0.15) is 0 Å². The maximum Gasteiger partial charge on any atom is 0.264 e. The van der Waals surface area contributed by atoms with Crippen molar-refractivity contribution in [3.05, 3.63) is 83.9 Å². The van der Waals surface area contributed by atoms with E-state index in [2.05, 4.69) is 5.32 Å². The number of nitrogens with zero attached hydrogens (tertiary/aromatic N) is 1. The third-order valence-electron chi connectivity index (χ3n) is 4.65. The lowest BCUT2D eigenvalue weighted by Crippen LogP contribution is -2.38. The summed E-state index contributed by atoms with van der Waals surface area (Å²) in [4.78, 5) is 12.9. The van der Waals surface area contributed by atoms with Gasteiger partial charge in [-0.3, -0.25) is 9.10 Å². The minimum absolute atomic E-state index is 0.0756. The lowest BCUT2D eigenvalue weighted by molar-refractivity contribution is -0.114. The molecule has 3 aromatic carbocycles. The molecular formula is C23H24N2O4S. The molecule has 0 aromatic heterocycles. The number of aryl methyl sites for hydroxylation is 2. The monoisotopic (exact) mass is 424 g/mol. The van der Waals surface area contributed by atoms with Crippen molar-refractivity contribution in [2.75, 3.05) is 23.3 Å². The first-order chi connectivity index (χ1) is 14.3. The van der Waals surface area contributed by atoms with Gasteiger partial charge in [-0.05, 0) is 67.4 Å². The highest BCUT2D eigenvalue weighted by molar-refractivity contribution is 7.92. The third-order valence-corrected chi connectivity index (χ3v) is 6.43. The van der Waals surface area contributed by atoms with Crippen LogP contribution in [0.4, 0.5) is 11.4 Å². The van der Waals surface area contributed by atoms with Crippen molar-refractivity contribution in [3.8, 4) is 5.75 Å². The maximum atomic E-state index is 13.3. The molecule has 0 saturated carbocycles. The topological polar surface area (TPSA) is 75.7 Å². The van der Waals surface area contributed by atoms with Crippen molar-refractivity contribution in [3.63, 3.8) is 0 Å². The predicted molar refractivity (Wildman–Crippen MR) is 119 cm³/mol. The van der Waals surface area contributed by atoms with Crippen molar-refractivity contribution in [2.45, 2.75) is 18.7 Å². The minimum atomic E-state index is -3.97. The molecule has 3 rings (SSSR count). The average molecular weight is 425 g/mol. The van der Waals surface area contributed by atoms with Crippen LogP contribution in [0.1, 0.15) is 11.1 Å². The fraction of sp³-hybridized carbons (Fsp3) is 0.174. The van der Waals surface area contributed by atoms with Gasteiger partial charge < -0.3 is 10.1 Å². The summed E-state index contributed by atoms with van der Waals surface area (Å²) in [6.07, 6.45) is 0. The van der Waals surface area contributed by atoms with Crippen molar-refractivity contribution < 1.29 is 17.9 Å². The Labute approximate surface area is 177 Å². The summed E-state index contributed by atoms with van der Waals surface area (Å²) in [7, 11) is -2.46. The fourth-order valence-corrected chi connectivity index (χ4v) is 4.40. The van der Waals surface area contributed by atoms with Crippen LogP contribution in [0.2, 0.25) is 0 Å². The Morgan fingerprint density at radius 3 is 2.27 bits per heavy atom. The van der Waals surface area contributed by atoms with Crippen LogP contribution >= 0.6 is 0 Å². The predicted octanol–water partition coefficient (Wildman–Crippen LogP) is 4.15. The number of rotatable bonds is 7. The number of carbonyl (C=O) groups excluding carboxylic acids is 1. The molecule has 0 heterocycles. The maximum absolute atomic E-state index is 13.3. The summed E-state index contributed by atoms with van der Waals surface area (Å²) in [5, 5.41) is 2.83. The Morgan fingerprint density at radius 1 is 0.967 bits per heavy atom. The lowest BCUT2D eigenvalue weighted by atomic mass is 10.1. The van der Waals surface area contributed by atoms with Crippen LogP contribution in [0.3, 0.4) is 0 Å². The van der Waals surface area contributed by atoms with E-state index in [0.717, 1.165) is 15.4 Å². The molecule has 0 aliphatic heterocycles. The van der Waals surface area contributed by atoms with Crippen LogP contribution in [-0.4, -0.2) is 28.0 Å². The van der Waals surface area contributed by atoms with Gasteiger partial charge in [0, 0.05) is 5.69 Å². The SMILES string of the molecule is COc1ccc(S(=O)(=O)N(CC(=O)Nc2cc(C)ccc2C)c2ccccc2)cc1. The van der Waals surface area contributed by atoms with Crippen molar-refractivity contribution in [2.24, 2.45) is 0 Å². The van der Waals surface area contributed by atoms with E-state index in [1.807, 2.05) is 32.0 Å². The number of hydrogen-bond acceptors (Lipinski definition) is 4. The number of carbonyl (C=O) groups is 1. The summed E-state index contributed by atoms with van der Waals surface area (Å²) < 4.78 is 32.9. The van der Waals surface area contributed by atoms with Gasteiger partial charge in [0.1, 0.15) is 12.3 Å². The Bertz CT molecular complexity index is 1130. The molecule has 0 saturated heterocycles. The van der Waals surface area contributed by atoms with Crippen LogP contribution < -0.4 is 14.4 Å². The molecule has 7 heteroatoms. The van der Waals surface area contributed by atoms with E-state index in [-0.39, 0.29) is 11.4 Å². The van der Waals surface area contributed by atoms with Gasteiger partial charge in [-0.15, -0.1) is 0 Å². The van der Waals surface area contributed by atoms with E-state index in [1.165, 1.54) is 19.2 Å². The van der Waals surface area contributed by atoms with Gasteiger partial charge >= 0.3 is 0 Å². The zero-order chi connectivity index (χ0) is 21.7. The number of sulfonamides is 1. The largest absolute Gasteiger partial charge is 0.497 e. The normalized spacial score (nSPS) is 11.0. The molecule has 0 radical (unpaired) electrons. The second-order valence-corrected chi connectivity index (χ2v) is 8.75. The molecule has 30 heavy (non-hydrogen) atoms. The Balaban J connectivity index is 1.93. The van der Waals surface area contributed by atoms with Crippen LogP contribution in [0, 0.1) is 13.8 Å². The first kappa shape index (κ1) is 21.4. The van der Waals surface area contributed by atoms with Crippen molar-refractivity contribution >= 4 is 27.3 Å². The summed E-state index contributed by atoms with van der Waals surface area (Å²) in [5.74, 6) is 0.123. The first-order valence-electron chi connectivity index (χ1n) is 9.40. The first-order valence-corrected chi connectivity index (χ1v) is 10.8. The number of nitrogens with one attached hydrogen (secondary N) is 1. The molecule has 1 amide bonds. The van der Waals surface area contributed by atoms with Gasteiger partial charge in [0.25, 0.3) is 10.0 Å². The lowest BCUT2D eigenvalue weighted by Gasteiger charge is -2.24. The highest BCUT2D eigenvalue weighted by Crippen LogP contribution is 2.25. The molecular weight excluding hydrogens is 400 g/mol. The standard InChI is InChI=1S/C23H24N2O4S/c1-17-9-10-18(2)22(15-17)24-23(26)16-25(19-7-5-4-6-8-19)30(27,28)21-13-11-20(29-3)12-14-21/h4-15H,16H2,1-3H3,(H,24,26). The second kappa shape index (κ2) is 9.00. The smallest absolute Gasteiger partial charge is 0.264 e. The summed E-state index contributed by atoms with van der Waals surface area (Å²) in [5.41, 5.74) is 2.97. The van der Waals surface area contributed by atoms with Gasteiger partial charge in [0.05, 0.1) is 17.7 Å². The molecule has 0 aliphatic rings. The third kappa shape index (κ3) is 4.80. The Hall–Kier alpha value is -3.32. The van der Waals surface area contributed by atoms with Crippen LogP contribution in [0.15, 0.2) is 77.7 Å². The van der Waals surface area contributed by atoms with Gasteiger partial charge in [-0.25, -0.2) is 8.42 Å². The number of ether oxygens (including phenoxy) is 1.